The van der Waals surface area contributed by atoms with Gasteiger partial charge in [-0.15, -0.1) is 0 Å². The molecule has 4 aromatic rings. The van der Waals surface area contributed by atoms with E-state index in [2.05, 4.69) is 5.10 Å². The van der Waals surface area contributed by atoms with Crippen LogP contribution in [-0.4, -0.2) is 15.6 Å². The molecule has 4 rings (SSSR count). The van der Waals surface area contributed by atoms with Gasteiger partial charge in [0.2, 0.25) is 0 Å². The van der Waals surface area contributed by atoms with E-state index in [4.69, 9.17) is 23.2 Å². The van der Waals surface area contributed by atoms with Gasteiger partial charge in [0.15, 0.2) is 5.78 Å². The minimum atomic E-state index is -0.112. The standard InChI is InChI=1S/C22H14Cl2N2O/c23-17-10-6-15(7-11-17)21-20(22(27)16-8-12-18(24)13-9-16)14-25-26(21)19-4-2-1-3-5-19/h1-14H. The summed E-state index contributed by atoms with van der Waals surface area (Å²) in [4.78, 5) is 13.1. The molecule has 0 amide bonds. The van der Waals surface area contributed by atoms with Gasteiger partial charge < -0.3 is 0 Å². The van der Waals surface area contributed by atoms with Crippen molar-refractivity contribution in [2.75, 3.05) is 0 Å². The molecule has 0 N–H and O–H groups in total. The van der Waals surface area contributed by atoms with E-state index in [1.54, 1.807) is 47.3 Å². The van der Waals surface area contributed by atoms with Gasteiger partial charge in [-0.05, 0) is 48.5 Å². The van der Waals surface area contributed by atoms with Gasteiger partial charge in [-0.3, -0.25) is 4.79 Å². The average molecular weight is 393 g/mol. The quantitative estimate of drug-likeness (QED) is 0.394. The Morgan fingerprint density at radius 2 is 1.37 bits per heavy atom. The molecule has 0 aliphatic heterocycles. The molecule has 3 nitrogen and oxygen atoms in total. The SMILES string of the molecule is O=C(c1ccc(Cl)cc1)c1cnn(-c2ccccc2)c1-c1ccc(Cl)cc1. The second-order valence-electron chi connectivity index (χ2n) is 6.00. The first-order valence-electron chi connectivity index (χ1n) is 8.33. The summed E-state index contributed by atoms with van der Waals surface area (Å²) < 4.78 is 1.77. The molecule has 0 atom stereocenters. The van der Waals surface area contributed by atoms with Crippen LogP contribution >= 0.6 is 23.2 Å². The third-order valence-electron chi connectivity index (χ3n) is 4.24. The molecule has 0 saturated carbocycles. The summed E-state index contributed by atoms with van der Waals surface area (Å²) in [6, 6.07) is 23.9. The van der Waals surface area contributed by atoms with Gasteiger partial charge in [-0.25, -0.2) is 4.68 Å². The molecule has 0 spiro atoms. The Balaban J connectivity index is 1.89. The van der Waals surface area contributed by atoms with Crippen LogP contribution in [0.1, 0.15) is 15.9 Å². The van der Waals surface area contributed by atoms with Crippen molar-refractivity contribution in [2.24, 2.45) is 0 Å². The molecule has 1 aromatic heterocycles. The van der Waals surface area contributed by atoms with Gasteiger partial charge in [0, 0.05) is 21.2 Å². The zero-order chi connectivity index (χ0) is 18.8. The number of nitrogens with zero attached hydrogens (tertiary/aromatic N) is 2. The third kappa shape index (κ3) is 3.52. The number of ketones is 1. The van der Waals surface area contributed by atoms with Gasteiger partial charge >= 0.3 is 0 Å². The van der Waals surface area contributed by atoms with Gasteiger partial charge in [0.05, 0.1) is 23.1 Å². The zero-order valence-electron chi connectivity index (χ0n) is 14.1. The molecule has 0 aliphatic rings. The predicted octanol–water partition coefficient (Wildman–Crippen LogP) is 6.08. The van der Waals surface area contributed by atoms with Crippen LogP contribution in [0.15, 0.2) is 85.1 Å². The predicted molar refractivity (Wildman–Crippen MR) is 109 cm³/mol. The molecule has 5 heteroatoms. The van der Waals surface area contributed by atoms with Gasteiger partial charge in [-0.1, -0.05) is 53.5 Å². The van der Waals surface area contributed by atoms with Gasteiger partial charge in [0.25, 0.3) is 0 Å². The molecule has 3 aromatic carbocycles. The fourth-order valence-corrected chi connectivity index (χ4v) is 3.17. The Labute approximate surface area is 166 Å². The second kappa shape index (κ2) is 7.39. The molecular weight excluding hydrogens is 379 g/mol. The van der Waals surface area contributed by atoms with Crippen molar-refractivity contribution >= 4 is 29.0 Å². The molecule has 0 fully saturated rings. The van der Waals surface area contributed by atoms with Crippen molar-refractivity contribution < 1.29 is 4.79 Å². The number of benzene rings is 3. The maximum absolute atomic E-state index is 13.1. The van der Waals surface area contributed by atoms with Crippen LogP contribution in [0.3, 0.4) is 0 Å². The zero-order valence-corrected chi connectivity index (χ0v) is 15.7. The highest BCUT2D eigenvalue weighted by Crippen LogP contribution is 2.29. The number of rotatable bonds is 4. The van der Waals surface area contributed by atoms with E-state index in [0.717, 1.165) is 16.9 Å². The summed E-state index contributed by atoms with van der Waals surface area (Å²) in [5.41, 5.74) is 3.53. The maximum Gasteiger partial charge on any atom is 0.196 e. The summed E-state index contributed by atoms with van der Waals surface area (Å²) in [6.07, 6.45) is 1.61. The molecule has 132 valence electrons. The number of carbonyl (C=O) groups excluding carboxylic acids is 1. The van der Waals surface area contributed by atoms with Crippen molar-refractivity contribution in [1.82, 2.24) is 9.78 Å². The Bertz CT molecular complexity index is 1090. The van der Waals surface area contributed by atoms with Crippen LogP contribution < -0.4 is 0 Å². The van der Waals surface area contributed by atoms with Crippen LogP contribution in [0.4, 0.5) is 0 Å². The molecule has 27 heavy (non-hydrogen) atoms. The van der Waals surface area contributed by atoms with E-state index in [-0.39, 0.29) is 5.78 Å². The first-order valence-corrected chi connectivity index (χ1v) is 9.09. The largest absolute Gasteiger partial charge is 0.288 e. The van der Waals surface area contributed by atoms with Crippen LogP contribution in [0, 0.1) is 0 Å². The molecular formula is C22H14Cl2N2O. The van der Waals surface area contributed by atoms with Crippen LogP contribution in [0.25, 0.3) is 16.9 Å². The normalized spacial score (nSPS) is 10.7. The summed E-state index contributed by atoms with van der Waals surface area (Å²) in [7, 11) is 0. The van der Waals surface area contributed by atoms with Crippen molar-refractivity contribution in [1.29, 1.82) is 0 Å². The van der Waals surface area contributed by atoms with Crippen LogP contribution in [0.2, 0.25) is 10.0 Å². The lowest BCUT2D eigenvalue weighted by atomic mass is 10.00. The highest BCUT2D eigenvalue weighted by atomic mass is 35.5. The highest BCUT2D eigenvalue weighted by Gasteiger charge is 2.21. The molecule has 0 bridgehead atoms. The molecule has 0 radical (unpaired) electrons. The Morgan fingerprint density at radius 3 is 2.00 bits per heavy atom. The Morgan fingerprint density at radius 1 is 0.778 bits per heavy atom. The van der Waals surface area contributed by atoms with E-state index in [9.17, 15) is 4.79 Å². The van der Waals surface area contributed by atoms with E-state index < -0.39 is 0 Å². The summed E-state index contributed by atoms with van der Waals surface area (Å²) >= 11 is 12.0. The summed E-state index contributed by atoms with van der Waals surface area (Å²) in [5, 5.41) is 5.71. The minimum Gasteiger partial charge on any atom is -0.288 e. The van der Waals surface area contributed by atoms with Crippen molar-refractivity contribution in [3.05, 3.63) is 106 Å². The molecule has 1 heterocycles. The second-order valence-corrected chi connectivity index (χ2v) is 6.87. The molecule has 0 saturated heterocycles. The maximum atomic E-state index is 13.1. The fraction of sp³-hybridized carbons (Fsp3) is 0. The van der Waals surface area contributed by atoms with E-state index >= 15 is 0 Å². The highest BCUT2D eigenvalue weighted by molar-refractivity contribution is 6.31. The number of hydrogen-bond donors (Lipinski definition) is 0. The van der Waals surface area contributed by atoms with E-state index in [1.807, 2.05) is 42.5 Å². The first-order chi connectivity index (χ1) is 13.1. The van der Waals surface area contributed by atoms with E-state index in [1.165, 1.54) is 0 Å². The number of hydrogen-bond acceptors (Lipinski definition) is 2. The van der Waals surface area contributed by atoms with E-state index in [0.29, 0.717) is 21.2 Å². The van der Waals surface area contributed by atoms with Crippen molar-refractivity contribution in [3.63, 3.8) is 0 Å². The lowest BCUT2D eigenvalue weighted by molar-refractivity contribution is 0.103. The van der Waals surface area contributed by atoms with Crippen LogP contribution in [0.5, 0.6) is 0 Å². The average Bonchev–Trinajstić information content (AvgIpc) is 3.14. The fourth-order valence-electron chi connectivity index (χ4n) is 2.92. The number of para-hydroxylation sites is 1. The first kappa shape index (κ1) is 17.5. The number of halogens is 2. The molecule has 0 unspecified atom stereocenters. The summed E-state index contributed by atoms with van der Waals surface area (Å²) in [6.45, 7) is 0. The number of aromatic nitrogens is 2. The number of carbonyl (C=O) groups is 1. The third-order valence-corrected chi connectivity index (χ3v) is 4.74. The lowest BCUT2D eigenvalue weighted by Gasteiger charge is -2.10. The smallest absolute Gasteiger partial charge is 0.196 e. The topological polar surface area (TPSA) is 34.9 Å². The lowest BCUT2D eigenvalue weighted by Crippen LogP contribution is -2.05. The van der Waals surface area contributed by atoms with Gasteiger partial charge in [-0.2, -0.15) is 5.10 Å². The Hall–Kier alpha value is -2.88. The van der Waals surface area contributed by atoms with Crippen molar-refractivity contribution in [2.45, 2.75) is 0 Å². The van der Waals surface area contributed by atoms with Crippen LogP contribution in [-0.2, 0) is 0 Å². The summed E-state index contributed by atoms with van der Waals surface area (Å²) in [5.74, 6) is -0.112. The Kier molecular flexibility index (Phi) is 4.80. The van der Waals surface area contributed by atoms with Gasteiger partial charge in [0.1, 0.15) is 0 Å². The molecule has 0 aliphatic carbocycles. The minimum absolute atomic E-state index is 0.112. The monoisotopic (exact) mass is 392 g/mol. The van der Waals surface area contributed by atoms with Crippen molar-refractivity contribution in [3.8, 4) is 16.9 Å².